The van der Waals surface area contributed by atoms with Crippen molar-refractivity contribution in [2.24, 2.45) is 142 Å². The third kappa shape index (κ3) is 15.4. The zero-order valence-corrected chi connectivity index (χ0v) is 49.7. The molecule has 70 heavy (non-hydrogen) atoms. The number of ether oxygens (including phenoxy) is 1. The van der Waals surface area contributed by atoms with Gasteiger partial charge in [-0.25, -0.2) is 0 Å². The van der Waals surface area contributed by atoms with Crippen LogP contribution >= 0.6 is 0 Å². The van der Waals surface area contributed by atoms with Crippen LogP contribution in [0.4, 0.5) is 0 Å². The maximum absolute atomic E-state index is 5.70. The second-order valence-electron chi connectivity index (χ2n) is 28.6. The van der Waals surface area contributed by atoms with E-state index >= 15 is 0 Å². The summed E-state index contributed by atoms with van der Waals surface area (Å²) in [7, 11) is 0. The Labute approximate surface area is 439 Å². The Bertz CT molecular complexity index is 1410. The highest BCUT2D eigenvalue weighted by molar-refractivity contribution is 5.11. The van der Waals surface area contributed by atoms with Gasteiger partial charge in [0.25, 0.3) is 0 Å². The van der Waals surface area contributed by atoms with E-state index in [1.807, 2.05) is 0 Å². The van der Waals surface area contributed by atoms with E-state index in [0.717, 1.165) is 142 Å². The highest BCUT2D eigenvalue weighted by atomic mass is 16.5. The van der Waals surface area contributed by atoms with Crippen LogP contribution in [0.2, 0.25) is 0 Å². The van der Waals surface area contributed by atoms with Crippen molar-refractivity contribution in [1.29, 1.82) is 0 Å². The first-order valence-electron chi connectivity index (χ1n) is 32.0. The predicted octanol–water partition coefficient (Wildman–Crippen LogP) is 20.8. The lowest BCUT2D eigenvalue weighted by atomic mass is 9.60. The molecule has 0 aromatic rings. The molecule has 0 spiro atoms. The van der Waals surface area contributed by atoms with Gasteiger partial charge in [0.15, 0.2) is 0 Å². The Kier molecular flexibility index (Phi) is 23.2. The monoisotopic (exact) mass is 967 g/mol. The van der Waals surface area contributed by atoms with Crippen molar-refractivity contribution in [1.82, 2.24) is 0 Å². The summed E-state index contributed by atoms with van der Waals surface area (Å²) in [6.45, 7) is 38.1. The molecule has 2 aliphatic heterocycles. The molecule has 1 nitrogen and oxygen atoms in total. The quantitative estimate of drug-likeness (QED) is 0.220. The highest BCUT2D eigenvalue weighted by Crippen LogP contribution is 2.52. The van der Waals surface area contributed by atoms with Gasteiger partial charge in [-0.15, -0.1) is 0 Å². The molecule has 2 heterocycles. The van der Waals surface area contributed by atoms with Gasteiger partial charge in [0.1, 0.15) is 0 Å². The topological polar surface area (TPSA) is 9.23 Å². The van der Waals surface area contributed by atoms with E-state index < -0.39 is 0 Å². The van der Waals surface area contributed by atoms with Gasteiger partial charge in [-0.05, 0) is 232 Å². The van der Waals surface area contributed by atoms with Crippen LogP contribution < -0.4 is 0 Å². The van der Waals surface area contributed by atoms with Gasteiger partial charge in [0.2, 0.25) is 0 Å². The fourth-order valence-corrected chi connectivity index (χ4v) is 16.8. The van der Waals surface area contributed by atoms with Crippen molar-refractivity contribution in [3.05, 3.63) is 36.5 Å². The summed E-state index contributed by atoms with van der Waals surface area (Å²) in [6, 6.07) is 0. The van der Waals surface area contributed by atoms with Crippen molar-refractivity contribution in [3.63, 3.8) is 0 Å². The summed E-state index contributed by atoms with van der Waals surface area (Å²) in [5.41, 5.74) is 0. The molecule has 13 aliphatic carbocycles. The molecule has 0 aromatic carbocycles. The van der Waals surface area contributed by atoms with E-state index in [2.05, 4.69) is 147 Å². The van der Waals surface area contributed by atoms with E-state index in [9.17, 15) is 0 Å². The SMILES string of the molecule is CC1C2C=CC(C2)C1C.CC1C2C=CC(CC2)C1C.CC1C2CCC(C2)C1C.CC1C2CCC(CC2)C1C.CC1C2CCC(O2)C1C.CC1CC=CCC1C.CC1CCCC1C.CC1CCCCC1C. The van der Waals surface area contributed by atoms with E-state index in [1.54, 1.807) is 6.42 Å². The average molecular weight is 968 g/mol. The fourth-order valence-electron chi connectivity index (χ4n) is 16.8. The summed E-state index contributed by atoms with van der Waals surface area (Å²) < 4.78 is 5.70. The Hall–Kier alpha value is -0.820. The minimum atomic E-state index is 0.616. The third-order valence-electron chi connectivity index (χ3n) is 25.0. The summed E-state index contributed by atoms with van der Waals surface area (Å²) in [6.07, 6.45) is 46.2. The number of rotatable bonds is 0. The lowest BCUT2D eigenvalue weighted by Gasteiger charge is -2.46. The van der Waals surface area contributed by atoms with E-state index in [1.165, 1.54) is 128 Å². The molecule has 0 amide bonds. The van der Waals surface area contributed by atoms with Gasteiger partial charge in [-0.2, -0.15) is 0 Å². The molecule has 9 saturated carbocycles. The van der Waals surface area contributed by atoms with Crippen molar-refractivity contribution < 1.29 is 4.74 Å². The third-order valence-corrected chi connectivity index (χ3v) is 25.0. The number of allylic oxidation sites excluding steroid dienone is 6. The van der Waals surface area contributed by atoms with Gasteiger partial charge < -0.3 is 4.74 Å². The standard InChI is InChI=1S/C10H18.C10H16.C9H16.C9H14.C8H14O.C8H16.C8H14.C7H14/c2*1-7-8(2)10-5-3-9(7)4-6-10;2*1-6-7(2)9-4-3-8(6)5-9;1-5-6(2)8-4-3-7(5)9-8;2*1-7-5-3-4-6-8(7)2;1-6-4-3-5-7(6)2/h7-10H,3-6H2,1-2H3;3,5,7-10H,4,6H2,1-2H3;6-9H,3-5H2,1-2H3;3-4,6-9H,5H2,1-2H3;5-8H,3-4H2,1-2H3;7-8H,3-6H2,1-2H3;3-4,7-8H,5-6H2,1-2H3;6-7H,3-5H2,1-2H3. The van der Waals surface area contributed by atoms with Gasteiger partial charge in [0, 0.05) is 0 Å². The van der Waals surface area contributed by atoms with Crippen LogP contribution in [-0.2, 0) is 4.74 Å². The molecule has 0 N–H and O–H groups in total. The first kappa shape index (κ1) is 58.4. The molecular weight excluding hydrogens is 845 g/mol. The summed E-state index contributed by atoms with van der Waals surface area (Å²) >= 11 is 0. The number of hydrogen-bond acceptors (Lipinski definition) is 1. The summed E-state index contributed by atoms with van der Waals surface area (Å²) in [4.78, 5) is 0. The molecule has 15 aliphatic rings. The Balaban J connectivity index is 0.000000132. The van der Waals surface area contributed by atoms with E-state index in [0.29, 0.717) is 12.2 Å². The molecular formula is C69H122O. The van der Waals surface area contributed by atoms with Crippen LogP contribution in [0, 0.1) is 142 Å². The maximum Gasteiger partial charge on any atom is 0.0609 e. The molecule has 10 bridgehead atoms. The highest BCUT2D eigenvalue weighted by Gasteiger charge is 2.45. The zero-order chi connectivity index (χ0) is 50.8. The van der Waals surface area contributed by atoms with Crippen LogP contribution in [0.3, 0.4) is 0 Å². The Morgan fingerprint density at radius 3 is 0.786 bits per heavy atom. The van der Waals surface area contributed by atoms with E-state index in [-0.39, 0.29) is 0 Å². The normalized spacial score (nSPS) is 49.7. The van der Waals surface area contributed by atoms with Crippen molar-refractivity contribution in [3.8, 4) is 0 Å². The molecule has 15 rings (SSSR count). The largest absolute Gasteiger partial charge is 0.374 e. The first-order chi connectivity index (χ1) is 33.4. The lowest BCUT2D eigenvalue weighted by molar-refractivity contribution is 0.0455. The molecule has 1 heteroatoms. The molecule has 24 unspecified atom stereocenters. The minimum Gasteiger partial charge on any atom is -0.374 e. The van der Waals surface area contributed by atoms with E-state index in [4.69, 9.17) is 4.74 Å². The first-order valence-corrected chi connectivity index (χ1v) is 32.0. The molecule has 0 radical (unpaired) electrons. The van der Waals surface area contributed by atoms with Crippen LogP contribution in [0.15, 0.2) is 36.5 Å². The molecule has 2 saturated heterocycles. The predicted molar refractivity (Wildman–Crippen MR) is 308 cm³/mol. The zero-order valence-electron chi connectivity index (χ0n) is 49.7. The Morgan fingerprint density at radius 2 is 0.571 bits per heavy atom. The maximum atomic E-state index is 5.70. The average Bonchev–Trinajstić information content (AvgIpc) is 4.27. The molecule has 11 fully saturated rings. The van der Waals surface area contributed by atoms with Crippen LogP contribution in [0.25, 0.3) is 0 Å². The Morgan fingerprint density at radius 1 is 0.257 bits per heavy atom. The fraction of sp³-hybridized carbons (Fsp3) is 0.913. The van der Waals surface area contributed by atoms with Gasteiger partial charge in [0.05, 0.1) is 12.2 Å². The van der Waals surface area contributed by atoms with Gasteiger partial charge >= 0.3 is 0 Å². The smallest absolute Gasteiger partial charge is 0.0609 e. The van der Waals surface area contributed by atoms with Gasteiger partial charge in [-0.3, -0.25) is 0 Å². The lowest BCUT2D eigenvalue weighted by Crippen LogP contribution is -2.36. The second-order valence-corrected chi connectivity index (χ2v) is 28.6. The summed E-state index contributed by atoms with van der Waals surface area (Å²) in [5, 5.41) is 0. The van der Waals surface area contributed by atoms with Crippen molar-refractivity contribution in [2.75, 3.05) is 0 Å². The van der Waals surface area contributed by atoms with Crippen molar-refractivity contribution in [2.45, 2.75) is 258 Å². The van der Waals surface area contributed by atoms with Crippen LogP contribution in [0.1, 0.15) is 246 Å². The number of fused-ring (bicyclic) bond motifs is 11. The summed E-state index contributed by atoms with van der Waals surface area (Å²) in [5.74, 6) is 23.6. The van der Waals surface area contributed by atoms with Crippen LogP contribution in [-0.4, -0.2) is 12.2 Å². The molecule has 0 aromatic heterocycles. The minimum absolute atomic E-state index is 0.616. The van der Waals surface area contributed by atoms with Crippen molar-refractivity contribution >= 4 is 0 Å². The second kappa shape index (κ2) is 27.8. The molecule has 24 atom stereocenters. The van der Waals surface area contributed by atoms with Crippen LogP contribution in [0.5, 0.6) is 0 Å². The number of hydrogen-bond donors (Lipinski definition) is 0. The molecule has 404 valence electrons. The van der Waals surface area contributed by atoms with Gasteiger partial charge in [-0.1, -0.05) is 192 Å².